The van der Waals surface area contributed by atoms with Gasteiger partial charge in [-0.15, -0.1) is 0 Å². The summed E-state index contributed by atoms with van der Waals surface area (Å²) in [6, 6.07) is 13.1. The molecule has 142 valence electrons. The molecule has 1 fully saturated rings. The second kappa shape index (κ2) is 6.98. The number of carboxylic acid groups (broad SMARTS) is 1. The predicted molar refractivity (Wildman–Crippen MR) is 112 cm³/mol. The molecule has 1 saturated heterocycles. The summed E-state index contributed by atoms with van der Waals surface area (Å²) in [5.41, 5.74) is 2.80. The van der Waals surface area contributed by atoms with Crippen molar-refractivity contribution in [2.24, 2.45) is 0 Å². The van der Waals surface area contributed by atoms with E-state index in [1.807, 2.05) is 42.6 Å². The van der Waals surface area contributed by atoms with Crippen molar-refractivity contribution in [3.63, 3.8) is 0 Å². The lowest BCUT2D eigenvalue weighted by Crippen LogP contribution is -2.23. The zero-order valence-electron chi connectivity index (χ0n) is 14.4. The minimum atomic E-state index is -2.70. The Balaban J connectivity index is 1.75. The van der Waals surface area contributed by atoms with Gasteiger partial charge in [0.2, 0.25) is 0 Å². The van der Waals surface area contributed by atoms with Gasteiger partial charge < -0.3 is 10.1 Å². The number of aromatic carboxylic acids is 1. The van der Waals surface area contributed by atoms with Gasteiger partial charge in [-0.2, -0.15) is 10.6 Å². The molecule has 2 aromatic carbocycles. The molecule has 0 saturated carbocycles. The summed E-state index contributed by atoms with van der Waals surface area (Å²) >= 11 is 3.41. The predicted octanol–water partition coefficient (Wildman–Crippen LogP) is 6.00. The van der Waals surface area contributed by atoms with Gasteiger partial charge in [0.1, 0.15) is 0 Å². The minimum absolute atomic E-state index is 0.125. The maximum atomic E-state index is 11.6. The molecule has 0 spiro atoms. The van der Waals surface area contributed by atoms with E-state index in [9.17, 15) is 19.0 Å². The quantitative estimate of drug-likeness (QED) is 0.394. The molecule has 4 rings (SSSR count). The van der Waals surface area contributed by atoms with E-state index in [-0.39, 0.29) is 16.7 Å². The zero-order valence-corrected chi connectivity index (χ0v) is 16.8. The largest absolute Gasteiger partial charge is 0.478 e. The van der Waals surface area contributed by atoms with Crippen LogP contribution < -0.4 is 0 Å². The maximum absolute atomic E-state index is 11.6. The molecule has 0 radical (unpaired) electrons. The molecular formula is C20H20BrNO4S. The first-order valence-electron chi connectivity index (χ1n) is 8.70. The molecule has 0 amide bonds. The molecule has 0 bridgehead atoms. The summed E-state index contributed by atoms with van der Waals surface area (Å²) in [7, 11) is -2.70. The zero-order chi connectivity index (χ0) is 19.2. The van der Waals surface area contributed by atoms with Crippen LogP contribution in [0, 0.1) is 0 Å². The highest BCUT2D eigenvalue weighted by Gasteiger charge is 2.36. The number of hydrogen-bond acceptors (Lipinski definition) is 3. The van der Waals surface area contributed by atoms with Crippen LogP contribution in [0.1, 0.15) is 45.5 Å². The number of halogens is 1. The van der Waals surface area contributed by atoms with Crippen molar-refractivity contribution in [1.29, 1.82) is 0 Å². The first kappa shape index (κ1) is 18.6. The lowest BCUT2D eigenvalue weighted by atomic mass is 9.89. The van der Waals surface area contributed by atoms with Crippen LogP contribution in [0.2, 0.25) is 0 Å². The molecule has 0 aliphatic carbocycles. The molecule has 4 N–H and O–H groups in total. The van der Waals surface area contributed by atoms with Crippen molar-refractivity contribution in [3.05, 3.63) is 69.8 Å². The van der Waals surface area contributed by atoms with Gasteiger partial charge in [-0.05, 0) is 42.0 Å². The number of carbonyl (C=O) groups is 1. The van der Waals surface area contributed by atoms with E-state index in [0.29, 0.717) is 28.6 Å². The molecular weight excluding hydrogens is 430 g/mol. The van der Waals surface area contributed by atoms with Crippen molar-refractivity contribution in [2.75, 3.05) is 5.75 Å². The fourth-order valence-corrected chi connectivity index (χ4v) is 6.52. The number of benzene rings is 2. The van der Waals surface area contributed by atoms with Crippen LogP contribution in [0.5, 0.6) is 0 Å². The number of hydrogen-bond donors (Lipinski definition) is 4. The molecule has 5 nitrogen and oxygen atoms in total. The van der Waals surface area contributed by atoms with Crippen LogP contribution in [0.25, 0.3) is 10.9 Å². The molecule has 7 heteroatoms. The number of H-pyrrole nitrogens is 1. The maximum Gasteiger partial charge on any atom is 0.337 e. The normalized spacial score (nSPS) is 23.2. The number of nitrogens with one attached hydrogen (secondary N) is 1. The SMILES string of the molecule is O=C(O)c1cc(Br)cc2c(C3CCS(O)(O)C(c4ccccc4)C3)c[nH]c12. The molecule has 2 unspecified atom stereocenters. The summed E-state index contributed by atoms with van der Waals surface area (Å²) < 4.78 is 22.0. The van der Waals surface area contributed by atoms with Gasteiger partial charge in [-0.25, -0.2) is 4.79 Å². The van der Waals surface area contributed by atoms with E-state index in [1.54, 1.807) is 6.07 Å². The Kier molecular flexibility index (Phi) is 4.80. The number of aromatic nitrogens is 1. The number of fused-ring (bicyclic) bond motifs is 1. The molecule has 27 heavy (non-hydrogen) atoms. The Hall–Kier alpha value is -1.80. The van der Waals surface area contributed by atoms with E-state index in [1.165, 1.54) is 0 Å². The van der Waals surface area contributed by atoms with Crippen molar-refractivity contribution in [1.82, 2.24) is 4.98 Å². The smallest absolute Gasteiger partial charge is 0.337 e. The average Bonchev–Trinajstić information content (AvgIpc) is 3.05. The van der Waals surface area contributed by atoms with Crippen LogP contribution >= 0.6 is 26.5 Å². The summed E-state index contributed by atoms with van der Waals surface area (Å²) in [4.78, 5) is 14.7. The van der Waals surface area contributed by atoms with Gasteiger partial charge in [-0.3, -0.25) is 9.11 Å². The first-order valence-corrected chi connectivity index (χ1v) is 11.3. The van der Waals surface area contributed by atoms with Crippen molar-refractivity contribution < 1.29 is 19.0 Å². The summed E-state index contributed by atoms with van der Waals surface area (Å²) in [6.07, 6.45) is 3.15. The van der Waals surface area contributed by atoms with Gasteiger partial charge >= 0.3 is 5.97 Å². The fraction of sp³-hybridized carbons (Fsp3) is 0.250. The molecule has 2 atom stereocenters. The standard InChI is InChI=1S/C20H20BrNO4S/c21-14-9-15-17(11-22-19(15)16(10-14)20(23)24)13-6-7-27(25,26)18(8-13)12-4-2-1-3-5-12/h1-5,9-11,13,18,22,25-26H,6-8H2,(H,23,24). The summed E-state index contributed by atoms with van der Waals surface area (Å²) in [6.45, 7) is 0. The highest BCUT2D eigenvalue weighted by molar-refractivity contribution is 9.10. The van der Waals surface area contributed by atoms with Crippen LogP contribution in [0.3, 0.4) is 0 Å². The minimum Gasteiger partial charge on any atom is -0.478 e. The Labute approximate surface area is 166 Å². The van der Waals surface area contributed by atoms with Crippen LogP contribution in [-0.2, 0) is 0 Å². The highest BCUT2D eigenvalue weighted by Crippen LogP contribution is 2.62. The van der Waals surface area contributed by atoms with Crippen molar-refractivity contribution >= 4 is 43.4 Å². The molecule has 2 heterocycles. The van der Waals surface area contributed by atoms with Crippen molar-refractivity contribution in [3.8, 4) is 0 Å². The second-order valence-corrected chi connectivity index (χ2v) is 10.3. The Morgan fingerprint density at radius 3 is 2.63 bits per heavy atom. The molecule has 1 aliphatic heterocycles. The first-order chi connectivity index (χ1) is 12.9. The van der Waals surface area contributed by atoms with E-state index < -0.39 is 16.6 Å². The summed E-state index contributed by atoms with van der Waals surface area (Å²) in [5, 5.41) is 10.0. The highest BCUT2D eigenvalue weighted by atomic mass is 79.9. The number of rotatable bonds is 3. The van der Waals surface area contributed by atoms with E-state index >= 15 is 0 Å². The lowest BCUT2D eigenvalue weighted by molar-refractivity contribution is 0.0698. The third-order valence-corrected chi connectivity index (χ3v) is 8.02. The summed E-state index contributed by atoms with van der Waals surface area (Å²) in [5.74, 6) is -0.501. The molecule has 1 aromatic heterocycles. The molecule has 3 aromatic rings. The van der Waals surface area contributed by atoms with E-state index in [4.69, 9.17) is 0 Å². The average molecular weight is 450 g/mol. The lowest BCUT2D eigenvalue weighted by Gasteiger charge is -2.46. The fourth-order valence-electron chi connectivity index (χ4n) is 4.02. The number of carboxylic acids is 1. The number of aromatic amines is 1. The third-order valence-electron chi connectivity index (χ3n) is 5.35. The monoisotopic (exact) mass is 449 g/mol. The van der Waals surface area contributed by atoms with Gasteiger partial charge in [0, 0.05) is 21.8 Å². The van der Waals surface area contributed by atoms with Gasteiger partial charge in [0.05, 0.1) is 16.3 Å². The van der Waals surface area contributed by atoms with Gasteiger partial charge in [0.15, 0.2) is 0 Å². The van der Waals surface area contributed by atoms with Gasteiger partial charge in [-0.1, -0.05) is 46.3 Å². The Morgan fingerprint density at radius 1 is 1.19 bits per heavy atom. The Morgan fingerprint density at radius 2 is 1.93 bits per heavy atom. The van der Waals surface area contributed by atoms with E-state index in [2.05, 4.69) is 20.9 Å². The van der Waals surface area contributed by atoms with Crippen LogP contribution in [0.15, 0.2) is 53.1 Å². The molecule has 1 aliphatic rings. The Bertz CT molecular complexity index is 1000. The van der Waals surface area contributed by atoms with E-state index in [0.717, 1.165) is 16.5 Å². The topological polar surface area (TPSA) is 93.6 Å². The second-order valence-electron chi connectivity index (χ2n) is 6.97. The van der Waals surface area contributed by atoms with Gasteiger partial charge in [0.25, 0.3) is 0 Å². The van der Waals surface area contributed by atoms with Crippen LogP contribution in [0.4, 0.5) is 0 Å². The van der Waals surface area contributed by atoms with Crippen LogP contribution in [-0.4, -0.2) is 30.9 Å². The van der Waals surface area contributed by atoms with Crippen molar-refractivity contribution in [2.45, 2.75) is 24.0 Å². The third kappa shape index (κ3) is 3.40.